The minimum atomic E-state index is -0.478. The van der Waals surface area contributed by atoms with Gasteiger partial charge in [0.05, 0.1) is 5.60 Å². The Morgan fingerprint density at radius 1 is 1.09 bits per heavy atom. The maximum absolute atomic E-state index is 11.9. The van der Waals surface area contributed by atoms with Crippen molar-refractivity contribution in [3.8, 4) is 0 Å². The van der Waals surface area contributed by atoms with E-state index in [4.69, 9.17) is 9.47 Å². The molecule has 0 saturated carbocycles. The fraction of sp³-hybridized carbons (Fsp3) is 0.944. The van der Waals surface area contributed by atoms with Gasteiger partial charge in [0.15, 0.2) is 0 Å². The average molecular weight is 331 g/mol. The Labute approximate surface area is 142 Å². The van der Waals surface area contributed by atoms with E-state index in [2.05, 4.69) is 45.3 Å². The first-order valence-electron chi connectivity index (χ1n) is 8.56. The molecule has 0 rings (SSSR count). The molecule has 0 spiro atoms. The first-order valence-corrected chi connectivity index (χ1v) is 8.56. The lowest BCUT2D eigenvalue weighted by molar-refractivity contribution is 0.0138. The van der Waals surface area contributed by atoms with E-state index < -0.39 is 5.60 Å². The number of carbonyl (C=O) groups is 1. The first-order chi connectivity index (χ1) is 10.3. The molecule has 1 amide bonds. The fourth-order valence-electron chi connectivity index (χ4n) is 2.46. The van der Waals surface area contributed by atoms with Crippen LogP contribution in [0.4, 0.5) is 4.79 Å². The van der Waals surface area contributed by atoms with Crippen molar-refractivity contribution >= 4 is 6.09 Å². The Hall–Kier alpha value is -0.810. The van der Waals surface area contributed by atoms with Gasteiger partial charge in [-0.25, -0.2) is 4.79 Å². The van der Waals surface area contributed by atoms with Gasteiger partial charge >= 0.3 is 6.09 Å². The summed E-state index contributed by atoms with van der Waals surface area (Å²) in [5.74, 6) is 0.531. The van der Waals surface area contributed by atoms with Gasteiger partial charge in [-0.1, -0.05) is 13.8 Å². The molecule has 0 heterocycles. The van der Waals surface area contributed by atoms with Crippen LogP contribution in [0, 0.1) is 5.92 Å². The van der Waals surface area contributed by atoms with Crippen LogP contribution in [-0.2, 0) is 9.47 Å². The summed E-state index contributed by atoms with van der Waals surface area (Å²) in [6.07, 6.45) is 1.51. The number of methoxy groups -OCH3 is 1. The van der Waals surface area contributed by atoms with Crippen LogP contribution in [0.25, 0.3) is 0 Å². The van der Waals surface area contributed by atoms with Crippen LogP contribution in [0.2, 0.25) is 0 Å². The number of amides is 1. The number of carbonyl (C=O) groups excluding carboxylic acids is 1. The highest BCUT2D eigenvalue weighted by Gasteiger charge is 2.28. The molecule has 0 saturated heterocycles. The molecule has 5 heteroatoms. The van der Waals surface area contributed by atoms with E-state index in [1.807, 2.05) is 20.8 Å². The summed E-state index contributed by atoms with van der Waals surface area (Å²) in [6.45, 7) is 17.6. The third-order valence-corrected chi connectivity index (χ3v) is 3.71. The SMILES string of the molecule is COC(C)(C)CCNC(C)(CNC(=O)OC(C)(C)C)CC(C)C. The Morgan fingerprint density at radius 3 is 2.09 bits per heavy atom. The highest BCUT2D eigenvalue weighted by Crippen LogP contribution is 2.18. The number of nitrogens with one attached hydrogen (secondary N) is 2. The lowest BCUT2D eigenvalue weighted by Gasteiger charge is -2.34. The molecule has 1 unspecified atom stereocenters. The number of rotatable bonds is 9. The average Bonchev–Trinajstić information content (AvgIpc) is 2.33. The zero-order chi connectivity index (χ0) is 18.3. The minimum absolute atomic E-state index is 0.148. The molecule has 0 radical (unpaired) electrons. The molecule has 2 N–H and O–H groups in total. The standard InChI is InChI=1S/C18H38N2O3/c1-14(2)12-18(8,20-11-10-17(6,7)22-9)13-19-15(21)23-16(3,4)5/h14,20H,10-13H2,1-9H3,(H,19,21). The molecule has 0 aromatic carbocycles. The Balaban J connectivity index is 4.56. The second kappa shape index (κ2) is 8.88. The number of hydrogen-bond acceptors (Lipinski definition) is 4. The second-order valence-electron chi connectivity index (χ2n) is 8.65. The predicted molar refractivity (Wildman–Crippen MR) is 95.8 cm³/mol. The Kier molecular flexibility index (Phi) is 8.57. The lowest BCUT2D eigenvalue weighted by Crippen LogP contribution is -2.53. The maximum atomic E-state index is 11.9. The third kappa shape index (κ3) is 11.4. The third-order valence-electron chi connectivity index (χ3n) is 3.71. The monoisotopic (exact) mass is 330 g/mol. The van der Waals surface area contributed by atoms with Crippen LogP contribution in [0.15, 0.2) is 0 Å². The molecule has 0 bridgehead atoms. The van der Waals surface area contributed by atoms with Crippen molar-refractivity contribution in [1.29, 1.82) is 0 Å². The van der Waals surface area contributed by atoms with Crippen molar-refractivity contribution < 1.29 is 14.3 Å². The number of alkyl carbamates (subject to hydrolysis) is 1. The van der Waals surface area contributed by atoms with Gasteiger partial charge in [-0.2, -0.15) is 0 Å². The summed E-state index contributed by atoms with van der Waals surface area (Å²) in [4.78, 5) is 11.9. The highest BCUT2D eigenvalue weighted by molar-refractivity contribution is 5.67. The highest BCUT2D eigenvalue weighted by atomic mass is 16.6. The molecule has 0 aliphatic carbocycles. The van der Waals surface area contributed by atoms with Gasteiger partial charge in [-0.3, -0.25) is 0 Å². The van der Waals surface area contributed by atoms with Crippen LogP contribution >= 0.6 is 0 Å². The van der Waals surface area contributed by atoms with Crippen LogP contribution in [0.5, 0.6) is 0 Å². The molecular formula is C18H38N2O3. The smallest absolute Gasteiger partial charge is 0.407 e. The van der Waals surface area contributed by atoms with Gasteiger partial charge in [0.1, 0.15) is 5.60 Å². The van der Waals surface area contributed by atoms with E-state index in [0.717, 1.165) is 19.4 Å². The molecule has 0 aliphatic heterocycles. The minimum Gasteiger partial charge on any atom is -0.444 e. The van der Waals surface area contributed by atoms with Crippen LogP contribution < -0.4 is 10.6 Å². The van der Waals surface area contributed by atoms with Crippen molar-refractivity contribution in [2.45, 2.75) is 85.0 Å². The quantitative estimate of drug-likeness (QED) is 0.676. The number of ether oxygens (including phenoxy) is 2. The van der Waals surface area contributed by atoms with Crippen molar-refractivity contribution in [3.63, 3.8) is 0 Å². The molecule has 23 heavy (non-hydrogen) atoms. The van der Waals surface area contributed by atoms with Gasteiger partial charge in [0.25, 0.3) is 0 Å². The molecular weight excluding hydrogens is 292 g/mol. The van der Waals surface area contributed by atoms with Crippen LogP contribution in [0.3, 0.4) is 0 Å². The summed E-state index contributed by atoms with van der Waals surface area (Å²) in [7, 11) is 1.73. The van der Waals surface area contributed by atoms with E-state index in [1.165, 1.54) is 0 Å². The number of hydrogen-bond donors (Lipinski definition) is 2. The molecule has 0 aliphatic rings. The van der Waals surface area contributed by atoms with Gasteiger partial charge in [0, 0.05) is 19.2 Å². The Bertz CT molecular complexity index is 362. The van der Waals surface area contributed by atoms with Crippen molar-refractivity contribution in [1.82, 2.24) is 10.6 Å². The van der Waals surface area contributed by atoms with Crippen molar-refractivity contribution in [2.75, 3.05) is 20.2 Å². The topological polar surface area (TPSA) is 59.6 Å². The fourth-order valence-corrected chi connectivity index (χ4v) is 2.46. The van der Waals surface area contributed by atoms with E-state index in [9.17, 15) is 4.79 Å². The van der Waals surface area contributed by atoms with Gasteiger partial charge in [-0.05, 0) is 66.8 Å². The first kappa shape index (κ1) is 22.2. The lowest BCUT2D eigenvalue weighted by atomic mass is 9.90. The Morgan fingerprint density at radius 2 is 1.65 bits per heavy atom. The van der Waals surface area contributed by atoms with E-state index >= 15 is 0 Å². The van der Waals surface area contributed by atoms with Crippen molar-refractivity contribution in [2.24, 2.45) is 5.92 Å². The molecule has 0 aromatic heterocycles. The van der Waals surface area contributed by atoms with E-state index in [0.29, 0.717) is 12.5 Å². The summed E-state index contributed by atoms with van der Waals surface area (Å²) in [5.41, 5.74) is -0.798. The van der Waals surface area contributed by atoms with E-state index in [-0.39, 0.29) is 17.2 Å². The summed E-state index contributed by atoms with van der Waals surface area (Å²) < 4.78 is 10.8. The van der Waals surface area contributed by atoms with Gasteiger partial charge < -0.3 is 20.1 Å². The molecule has 0 aromatic rings. The normalized spacial score (nSPS) is 15.4. The van der Waals surface area contributed by atoms with Crippen LogP contribution in [0.1, 0.15) is 68.2 Å². The second-order valence-corrected chi connectivity index (χ2v) is 8.65. The summed E-state index contributed by atoms with van der Waals surface area (Å²) >= 11 is 0. The predicted octanol–water partition coefficient (Wildman–Crippen LogP) is 3.72. The zero-order valence-electron chi connectivity index (χ0n) is 16.6. The summed E-state index contributed by atoms with van der Waals surface area (Å²) in [6, 6.07) is 0. The molecule has 0 fully saturated rings. The maximum Gasteiger partial charge on any atom is 0.407 e. The molecule has 138 valence electrons. The van der Waals surface area contributed by atoms with Gasteiger partial charge in [-0.15, -0.1) is 0 Å². The van der Waals surface area contributed by atoms with E-state index in [1.54, 1.807) is 7.11 Å². The van der Waals surface area contributed by atoms with Gasteiger partial charge in [0.2, 0.25) is 0 Å². The molecule has 5 nitrogen and oxygen atoms in total. The molecule has 1 atom stereocenters. The zero-order valence-corrected chi connectivity index (χ0v) is 16.6. The van der Waals surface area contributed by atoms with Crippen LogP contribution in [-0.4, -0.2) is 43.0 Å². The summed E-state index contributed by atoms with van der Waals surface area (Å²) in [5, 5.41) is 6.48. The van der Waals surface area contributed by atoms with Crippen molar-refractivity contribution in [3.05, 3.63) is 0 Å². The largest absolute Gasteiger partial charge is 0.444 e.